The highest BCUT2D eigenvalue weighted by Gasteiger charge is 2.16. The first-order chi connectivity index (χ1) is 17.2. The zero-order valence-corrected chi connectivity index (χ0v) is 18.6. The molecule has 2 aromatic carbocycles. The van der Waals surface area contributed by atoms with Crippen LogP contribution in [0.4, 0.5) is 0 Å². The molecule has 0 bridgehead atoms. The van der Waals surface area contributed by atoms with E-state index >= 15 is 0 Å². The highest BCUT2D eigenvalue weighted by molar-refractivity contribution is 6.07. The fourth-order valence-corrected chi connectivity index (χ4v) is 3.62. The molecular formula is C26H21N5O4. The van der Waals surface area contributed by atoms with Crippen molar-refractivity contribution in [3.63, 3.8) is 0 Å². The van der Waals surface area contributed by atoms with Gasteiger partial charge in [0.15, 0.2) is 5.76 Å². The second-order valence-corrected chi connectivity index (χ2v) is 7.77. The number of carbonyl (C=O) groups excluding carboxylic acids is 2. The molecule has 5 rings (SSSR count). The van der Waals surface area contributed by atoms with Gasteiger partial charge in [-0.05, 0) is 42.8 Å². The van der Waals surface area contributed by atoms with Crippen molar-refractivity contribution in [1.29, 1.82) is 0 Å². The summed E-state index contributed by atoms with van der Waals surface area (Å²) in [5, 5.41) is 8.74. The Morgan fingerprint density at radius 1 is 0.886 bits per heavy atom. The Balaban J connectivity index is 1.18. The lowest BCUT2D eigenvalue weighted by Crippen LogP contribution is -2.41. The zero-order chi connectivity index (χ0) is 24.0. The number of amides is 2. The van der Waals surface area contributed by atoms with Gasteiger partial charge in [-0.3, -0.25) is 20.4 Å². The molecule has 0 saturated carbocycles. The summed E-state index contributed by atoms with van der Waals surface area (Å²) in [7, 11) is 0. The molecule has 2 N–H and O–H groups in total. The number of carbonyl (C=O) groups is 2. The Morgan fingerprint density at radius 2 is 1.71 bits per heavy atom. The summed E-state index contributed by atoms with van der Waals surface area (Å²) in [6.07, 6.45) is 2.66. The molecule has 0 aliphatic carbocycles. The maximum Gasteiger partial charge on any atom is 0.270 e. The number of benzene rings is 2. The molecule has 0 aliphatic rings. The number of fused-ring (bicyclic) bond motifs is 1. The van der Waals surface area contributed by atoms with Crippen molar-refractivity contribution < 1.29 is 18.4 Å². The summed E-state index contributed by atoms with van der Waals surface area (Å²) >= 11 is 0. The van der Waals surface area contributed by atoms with Gasteiger partial charge in [0, 0.05) is 23.8 Å². The van der Waals surface area contributed by atoms with Gasteiger partial charge in [-0.25, -0.2) is 4.98 Å². The van der Waals surface area contributed by atoms with Gasteiger partial charge >= 0.3 is 0 Å². The van der Waals surface area contributed by atoms with Gasteiger partial charge in [0.1, 0.15) is 5.69 Å². The van der Waals surface area contributed by atoms with Crippen molar-refractivity contribution in [1.82, 2.24) is 26.0 Å². The normalized spacial score (nSPS) is 10.9. The first kappa shape index (κ1) is 22.0. The van der Waals surface area contributed by atoms with E-state index < -0.39 is 5.91 Å². The number of pyridine rings is 1. The fourth-order valence-electron chi connectivity index (χ4n) is 3.62. The van der Waals surface area contributed by atoms with Crippen LogP contribution in [0.2, 0.25) is 0 Å². The lowest BCUT2D eigenvalue weighted by Gasteiger charge is -2.10. The minimum absolute atomic E-state index is 0.179. The lowest BCUT2D eigenvalue weighted by atomic mass is 10.1. The molecule has 9 nitrogen and oxygen atoms in total. The molecule has 35 heavy (non-hydrogen) atoms. The van der Waals surface area contributed by atoms with Crippen molar-refractivity contribution in [3.05, 3.63) is 90.5 Å². The number of furan rings is 1. The van der Waals surface area contributed by atoms with Crippen molar-refractivity contribution in [2.75, 3.05) is 0 Å². The van der Waals surface area contributed by atoms with Gasteiger partial charge in [0.05, 0.1) is 17.3 Å². The molecular weight excluding hydrogens is 446 g/mol. The molecule has 0 fully saturated rings. The topological polar surface area (TPSA) is 123 Å². The summed E-state index contributed by atoms with van der Waals surface area (Å²) in [5.74, 6) is 0.662. The third kappa shape index (κ3) is 5.09. The number of rotatable bonds is 7. The molecule has 0 aliphatic heterocycles. The predicted octanol–water partition coefficient (Wildman–Crippen LogP) is 4.33. The zero-order valence-electron chi connectivity index (χ0n) is 18.6. The van der Waals surface area contributed by atoms with Gasteiger partial charge in [0.2, 0.25) is 17.7 Å². The van der Waals surface area contributed by atoms with Crippen molar-refractivity contribution in [2.45, 2.75) is 19.3 Å². The van der Waals surface area contributed by atoms with Crippen LogP contribution < -0.4 is 10.9 Å². The van der Waals surface area contributed by atoms with Crippen LogP contribution in [0.15, 0.2) is 87.9 Å². The SMILES string of the molecule is O=C(CCCc1nnc(-c2ccccc2)o1)NNC(=O)c1cc(-c2ccco2)nc2ccccc12. The van der Waals surface area contributed by atoms with E-state index in [1.165, 1.54) is 0 Å². The van der Waals surface area contributed by atoms with Crippen LogP contribution in [0.5, 0.6) is 0 Å². The highest BCUT2D eigenvalue weighted by Crippen LogP contribution is 2.25. The molecule has 3 aromatic heterocycles. The van der Waals surface area contributed by atoms with Crippen LogP contribution in [0, 0.1) is 0 Å². The number of para-hydroxylation sites is 1. The summed E-state index contributed by atoms with van der Waals surface area (Å²) in [6.45, 7) is 0. The molecule has 0 unspecified atom stereocenters. The van der Waals surface area contributed by atoms with Crippen LogP contribution in [0.1, 0.15) is 29.1 Å². The van der Waals surface area contributed by atoms with E-state index in [1.54, 1.807) is 30.5 Å². The number of hydrogen-bond donors (Lipinski definition) is 2. The maximum absolute atomic E-state index is 12.9. The first-order valence-electron chi connectivity index (χ1n) is 11.1. The van der Waals surface area contributed by atoms with E-state index in [0.717, 1.165) is 5.56 Å². The molecule has 0 saturated heterocycles. The molecule has 2 amide bonds. The van der Waals surface area contributed by atoms with E-state index in [4.69, 9.17) is 8.83 Å². The van der Waals surface area contributed by atoms with Gasteiger partial charge in [0.25, 0.3) is 5.91 Å². The fraction of sp³-hybridized carbons (Fsp3) is 0.115. The van der Waals surface area contributed by atoms with E-state index in [9.17, 15) is 9.59 Å². The van der Waals surface area contributed by atoms with Gasteiger partial charge in [-0.15, -0.1) is 10.2 Å². The van der Waals surface area contributed by atoms with Gasteiger partial charge in [-0.2, -0.15) is 0 Å². The van der Waals surface area contributed by atoms with E-state index in [1.807, 2.05) is 48.5 Å². The predicted molar refractivity (Wildman–Crippen MR) is 128 cm³/mol. The van der Waals surface area contributed by atoms with E-state index in [-0.39, 0.29) is 12.3 Å². The Morgan fingerprint density at radius 3 is 2.54 bits per heavy atom. The largest absolute Gasteiger partial charge is 0.463 e. The number of hydrogen-bond acceptors (Lipinski definition) is 7. The average molecular weight is 467 g/mol. The average Bonchev–Trinajstić information content (AvgIpc) is 3.60. The van der Waals surface area contributed by atoms with Crippen molar-refractivity contribution in [3.8, 4) is 22.9 Å². The summed E-state index contributed by atoms with van der Waals surface area (Å²) in [6, 6.07) is 21.9. The van der Waals surface area contributed by atoms with E-state index in [0.29, 0.717) is 52.5 Å². The van der Waals surface area contributed by atoms with Crippen LogP contribution >= 0.6 is 0 Å². The number of hydrazine groups is 1. The molecule has 0 radical (unpaired) electrons. The van der Waals surface area contributed by atoms with Crippen molar-refractivity contribution >= 4 is 22.7 Å². The van der Waals surface area contributed by atoms with E-state index in [2.05, 4.69) is 26.0 Å². The summed E-state index contributed by atoms with van der Waals surface area (Å²) < 4.78 is 11.1. The molecule has 0 atom stereocenters. The van der Waals surface area contributed by atoms with Gasteiger partial charge in [-0.1, -0.05) is 36.4 Å². The monoisotopic (exact) mass is 467 g/mol. The minimum atomic E-state index is -0.450. The summed E-state index contributed by atoms with van der Waals surface area (Å²) in [5.41, 5.74) is 7.35. The number of nitrogens with zero attached hydrogens (tertiary/aromatic N) is 3. The van der Waals surface area contributed by atoms with Crippen LogP contribution in [0.3, 0.4) is 0 Å². The van der Waals surface area contributed by atoms with Crippen molar-refractivity contribution in [2.24, 2.45) is 0 Å². The summed E-state index contributed by atoms with van der Waals surface area (Å²) in [4.78, 5) is 29.8. The van der Waals surface area contributed by atoms with Crippen LogP contribution in [-0.4, -0.2) is 27.0 Å². The third-order valence-electron chi connectivity index (χ3n) is 5.33. The molecule has 9 heteroatoms. The van der Waals surface area contributed by atoms with Gasteiger partial charge < -0.3 is 8.83 Å². The second kappa shape index (κ2) is 10.0. The van der Waals surface area contributed by atoms with Crippen LogP contribution in [0.25, 0.3) is 33.8 Å². The Bertz CT molecular complexity index is 1460. The first-order valence-corrected chi connectivity index (χ1v) is 11.1. The maximum atomic E-state index is 12.9. The van der Waals surface area contributed by atoms with Crippen LogP contribution in [-0.2, 0) is 11.2 Å². The number of nitrogens with one attached hydrogen (secondary N) is 2. The second-order valence-electron chi connectivity index (χ2n) is 7.77. The standard InChI is InChI=1S/C26H21N5O4/c32-23(13-6-14-24-29-31-26(35-24)17-8-2-1-3-9-17)28-30-25(33)19-16-21(22-12-7-15-34-22)27-20-11-5-4-10-18(19)20/h1-5,7-12,15-16H,6,13-14H2,(H,28,32)(H,30,33). The Hall–Kier alpha value is -4.79. The molecule has 3 heterocycles. The lowest BCUT2D eigenvalue weighted by molar-refractivity contribution is -0.121. The molecule has 0 spiro atoms. The molecule has 5 aromatic rings. The minimum Gasteiger partial charge on any atom is -0.463 e. The quantitative estimate of drug-likeness (QED) is 0.342. The highest BCUT2D eigenvalue weighted by atomic mass is 16.4. The molecule has 174 valence electrons. The number of aryl methyl sites for hydroxylation is 1. The Kier molecular flexibility index (Phi) is 6.29. The smallest absolute Gasteiger partial charge is 0.270 e. The number of aromatic nitrogens is 3. The third-order valence-corrected chi connectivity index (χ3v) is 5.33. The Labute approximate surface area is 200 Å².